The van der Waals surface area contributed by atoms with Crippen LogP contribution in [0.3, 0.4) is 0 Å². The third-order valence-corrected chi connectivity index (χ3v) is 5.63. The van der Waals surface area contributed by atoms with E-state index >= 15 is 0 Å². The number of benzene rings is 2. The minimum absolute atomic E-state index is 0.164. The van der Waals surface area contributed by atoms with E-state index in [-0.39, 0.29) is 11.9 Å². The molecule has 0 saturated carbocycles. The first-order chi connectivity index (χ1) is 13.2. The predicted octanol–water partition coefficient (Wildman–Crippen LogP) is 4.80. The van der Waals surface area contributed by atoms with Crippen molar-refractivity contribution in [2.24, 2.45) is 0 Å². The number of halogens is 2. The van der Waals surface area contributed by atoms with Crippen LogP contribution in [0, 0.1) is 5.82 Å². The van der Waals surface area contributed by atoms with Gasteiger partial charge in [0.1, 0.15) is 5.82 Å². The van der Waals surface area contributed by atoms with E-state index in [2.05, 4.69) is 20.9 Å². The topological polar surface area (TPSA) is 35.6 Å². The van der Waals surface area contributed by atoms with Crippen molar-refractivity contribution in [1.82, 2.24) is 19.6 Å². The summed E-state index contributed by atoms with van der Waals surface area (Å²) in [6, 6.07) is 15.4. The number of hydrogen-bond donors (Lipinski definition) is 0. The summed E-state index contributed by atoms with van der Waals surface area (Å²) in [5.74, 6) is -0.167. The maximum atomic E-state index is 14.4. The number of hydrogen-bond acceptors (Lipinski definition) is 2. The highest BCUT2D eigenvalue weighted by molar-refractivity contribution is 6.30. The van der Waals surface area contributed by atoms with Gasteiger partial charge in [-0.3, -0.25) is 0 Å². The minimum Gasteiger partial charge on any atom is -0.340 e. The number of nitrogens with zero attached hydrogens (tertiary/aromatic N) is 4. The summed E-state index contributed by atoms with van der Waals surface area (Å²) < 4.78 is 18.5. The van der Waals surface area contributed by atoms with E-state index in [1.807, 2.05) is 41.2 Å². The van der Waals surface area contributed by atoms with E-state index in [1.165, 1.54) is 11.8 Å². The molecule has 0 saturated heterocycles. The molecular weight excluding hydrogens is 363 g/mol. The Morgan fingerprint density at radius 1 is 1.15 bits per heavy atom. The maximum absolute atomic E-state index is 14.4. The van der Waals surface area contributed by atoms with Crippen molar-refractivity contribution in [2.75, 3.05) is 0 Å². The zero-order valence-corrected chi connectivity index (χ0v) is 15.4. The third-order valence-electron chi connectivity index (χ3n) is 5.38. The highest BCUT2D eigenvalue weighted by atomic mass is 35.5. The van der Waals surface area contributed by atoms with Crippen molar-refractivity contribution in [3.63, 3.8) is 0 Å². The van der Waals surface area contributed by atoms with Crippen LogP contribution in [0.15, 0.2) is 54.7 Å². The van der Waals surface area contributed by atoms with Crippen molar-refractivity contribution in [3.05, 3.63) is 82.5 Å². The second kappa shape index (κ2) is 6.50. The summed E-state index contributed by atoms with van der Waals surface area (Å²) >= 11 is 5.98. The van der Waals surface area contributed by atoms with Crippen molar-refractivity contribution in [3.8, 4) is 0 Å². The zero-order chi connectivity index (χ0) is 18.4. The van der Waals surface area contributed by atoms with E-state index < -0.39 is 0 Å². The van der Waals surface area contributed by atoms with Crippen LogP contribution in [0.25, 0.3) is 10.9 Å². The summed E-state index contributed by atoms with van der Waals surface area (Å²) in [4.78, 5) is 0. The van der Waals surface area contributed by atoms with Crippen LogP contribution >= 0.6 is 11.6 Å². The number of rotatable bonds is 3. The summed E-state index contributed by atoms with van der Waals surface area (Å²) in [6.45, 7) is 0.705. The number of aryl methyl sites for hydroxylation is 1. The molecule has 0 bridgehead atoms. The molecule has 0 amide bonds. The molecule has 1 aliphatic rings. The first-order valence-electron chi connectivity index (χ1n) is 9.09. The molecule has 5 rings (SSSR count). The van der Waals surface area contributed by atoms with Gasteiger partial charge in [-0.2, -0.15) is 0 Å². The lowest BCUT2D eigenvalue weighted by Gasteiger charge is -2.26. The van der Waals surface area contributed by atoms with Crippen LogP contribution < -0.4 is 0 Å². The number of aromatic nitrogens is 4. The molecule has 1 aliphatic heterocycles. The molecule has 4 nitrogen and oxygen atoms in total. The molecule has 6 heteroatoms. The van der Waals surface area contributed by atoms with E-state index in [0.717, 1.165) is 40.9 Å². The summed E-state index contributed by atoms with van der Waals surface area (Å²) in [5.41, 5.74) is 4.10. The maximum Gasteiger partial charge on any atom is 0.147 e. The van der Waals surface area contributed by atoms with Crippen molar-refractivity contribution >= 4 is 22.5 Å². The van der Waals surface area contributed by atoms with Crippen molar-refractivity contribution < 1.29 is 4.39 Å². The lowest BCUT2D eigenvalue weighted by atomic mass is 10.0. The Kier molecular flexibility index (Phi) is 3.97. The first kappa shape index (κ1) is 16.5. The highest BCUT2D eigenvalue weighted by Gasteiger charge is 2.25. The molecule has 3 heterocycles. The normalized spacial score (nSPS) is 16.6. The lowest BCUT2D eigenvalue weighted by Crippen LogP contribution is -2.25. The monoisotopic (exact) mass is 380 g/mol. The average molecular weight is 381 g/mol. The molecule has 1 atom stereocenters. The Balaban J connectivity index is 1.47. The van der Waals surface area contributed by atoms with Crippen molar-refractivity contribution in [2.45, 2.75) is 31.8 Å². The van der Waals surface area contributed by atoms with Gasteiger partial charge in [0.25, 0.3) is 0 Å². The van der Waals surface area contributed by atoms with Crippen LogP contribution in [0.1, 0.15) is 29.4 Å². The van der Waals surface area contributed by atoms with Crippen LogP contribution in [0.5, 0.6) is 0 Å². The predicted molar refractivity (Wildman–Crippen MR) is 104 cm³/mol. The van der Waals surface area contributed by atoms with Gasteiger partial charge in [-0.25, -0.2) is 9.07 Å². The van der Waals surface area contributed by atoms with Gasteiger partial charge in [-0.15, -0.1) is 5.10 Å². The van der Waals surface area contributed by atoms with E-state index in [1.54, 1.807) is 6.07 Å². The van der Waals surface area contributed by atoms with E-state index in [4.69, 9.17) is 11.6 Å². The largest absolute Gasteiger partial charge is 0.340 e. The SMILES string of the molecule is Fc1cccc2cc3n(c12)CC(n1nncc1Cc1ccc(Cl)cc1)CC3. The molecule has 1 unspecified atom stereocenters. The molecule has 2 aromatic heterocycles. The van der Waals surface area contributed by atoms with Gasteiger partial charge >= 0.3 is 0 Å². The Morgan fingerprint density at radius 3 is 2.85 bits per heavy atom. The first-order valence-corrected chi connectivity index (χ1v) is 9.47. The summed E-state index contributed by atoms with van der Waals surface area (Å²) in [6.07, 6.45) is 4.43. The second-order valence-corrected chi connectivity index (χ2v) is 7.53. The molecule has 0 radical (unpaired) electrons. The van der Waals surface area contributed by atoms with Crippen LogP contribution in [-0.2, 0) is 19.4 Å². The molecule has 27 heavy (non-hydrogen) atoms. The van der Waals surface area contributed by atoms with Gasteiger partial charge in [0, 0.05) is 29.1 Å². The molecule has 0 fully saturated rings. The quantitative estimate of drug-likeness (QED) is 0.511. The van der Waals surface area contributed by atoms with Gasteiger partial charge in [-0.1, -0.05) is 41.1 Å². The average Bonchev–Trinajstić information content (AvgIpc) is 3.28. The standard InChI is InChI=1S/C21H18ClFN4/c22-16-6-4-14(5-7-16)10-19-12-24-25-27(19)18-9-8-17-11-15-2-1-3-20(23)21(15)26(17)13-18/h1-7,11-12,18H,8-10,13H2. The van der Waals surface area contributed by atoms with Crippen molar-refractivity contribution in [1.29, 1.82) is 0 Å². The van der Waals surface area contributed by atoms with Crippen LogP contribution in [0.4, 0.5) is 4.39 Å². The molecule has 0 N–H and O–H groups in total. The minimum atomic E-state index is -0.167. The fourth-order valence-corrected chi connectivity index (χ4v) is 4.20. The van der Waals surface area contributed by atoms with Crippen LogP contribution in [-0.4, -0.2) is 19.6 Å². The van der Waals surface area contributed by atoms with Crippen LogP contribution in [0.2, 0.25) is 5.02 Å². The molecule has 4 aromatic rings. The third kappa shape index (κ3) is 2.92. The number of para-hydroxylation sites is 1. The Bertz CT molecular complexity index is 1110. The summed E-state index contributed by atoms with van der Waals surface area (Å²) in [5, 5.41) is 10.2. The smallest absolute Gasteiger partial charge is 0.147 e. The summed E-state index contributed by atoms with van der Waals surface area (Å²) in [7, 11) is 0. The second-order valence-electron chi connectivity index (χ2n) is 7.09. The molecule has 0 aliphatic carbocycles. The molecule has 0 spiro atoms. The molecular formula is C21H18ClFN4. The zero-order valence-electron chi connectivity index (χ0n) is 14.6. The number of fused-ring (bicyclic) bond motifs is 3. The van der Waals surface area contributed by atoms with E-state index in [9.17, 15) is 4.39 Å². The Morgan fingerprint density at radius 2 is 2.00 bits per heavy atom. The van der Waals surface area contributed by atoms with Gasteiger partial charge in [-0.05, 0) is 42.7 Å². The van der Waals surface area contributed by atoms with E-state index in [0.29, 0.717) is 12.1 Å². The van der Waals surface area contributed by atoms with Gasteiger partial charge in [0.05, 0.1) is 23.4 Å². The van der Waals surface area contributed by atoms with Gasteiger partial charge in [0.15, 0.2) is 0 Å². The van der Waals surface area contributed by atoms with Gasteiger partial charge in [0.2, 0.25) is 0 Å². The molecule has 136 valence electrons. The fraction of sp³-hybridized carbons (Fsp3) is 0.238. The highest BCUT2D eigenvalue weighted by Crippen LogP contribution is 2.32. The van der Waals surface area contributed by atoms with Gasteiger partial charge < -0.3 is 4.57 Å². The lowest BCUT2D eigenvalue weighted by molar-refractivity contribution is 0.329. The fourth-order valence-electron chi connectivity index (χ4n) is 4.08. The Hall–Kier alpha value is -2.66. The molecule has 2 aromatic carbocycles. The Labute approximate surface area is 161 Å².